The second-order valence-electron chi connectivity index (χ2n) is 6.12. The Bertz CT molecular complexity index is 602. The van der Waals surface area contributed by atoms with E-state index in [9.17, 15) is 14.4 Å². The molecular formula is C17H20N2O3. The van der Waals surface area contributed by atoms with Crippen molar-refractivity contribution in [3.8, 4) is 0 Å². The summed E-state index contributed by atoms with van der Waals surface area (Å²) in [4.78, 5) is 38.0. The molecule has 1 aliphatic carbocycles. The first-order valence-corrected chi connectivity index (χ1v) is 7.78. The van der Waals surface area contributed by atoms with Crippen LogP contribution in [-0.2, 0) is 14.4 Å². The number of nitrogens with one attached hydrogen (secondary N) is 1. The van der Waals surface area contributed by atoms with Crippen LogP contribution >= 0.6 is 0 Å². The van der Waals surface area contributed by atoms with Gasteiger partial charge in [0.1, 0.15) is 6.54 Å². The summed E-state index contributed by atoms with van der Waals surface area (Å²) in [5.41, 5.74) is 1.66. The molecule has 2 fully saturated rings. The lowest BCUT2D eigenvalue weighted by Crippen LogP contribution is -2.38. The molecule has 2 aliphatic rings. The predicted octanol–water partition coefficient (Wildman–Crippen LogP) is 2.11. The topological polar surface area (TPSA) is 66.5 Å². The minimum Gasteiger partial charge on any atom is -0.324 e. The van der Waals surface area contributed by atoms with Gasteiger partial charge in [-0.3, -0.25) is 19.3 Å². The maximum Gasteiger partial charge on any atom is 0.244 e. The van der Waals surface area contributed by atoms with Gasteiger partial charge in [0.15, 0.2) is 0 Å². The van der Waals surface area contributed by atoms with Crippen molar-refractivity contribution in [3.05, 3.63) is 29.8 Å². The van der Waals surface area contributed by atoms with Gasteiger partial charge in [0.05, 0.1) is 11.8 Å². The van der Waals surface area contributed by atoms with E-state index >= 15 is 0 Å². The summed E-state index contributed by atoms with van der Waals surface area (Å²) in [6, 6.07) is 7.43. The molecule has 5 heteroatoms. The van der Waals surface area contributed by atoms with Crippen LogP contribution in [-0.4, -0.2) is 29.2 Å². The number of likely N-dealkylation sites (tertiary alicyclic amines) is 1. The van der Waals surface area contributed by atoms with Crippen LogP contribution in [0.2, 0.25) is 0 Å². The fourth-order valence-corrected chi connectivity index (χ4v) is 3.43. The van der Waals surface area contributed by atoms with Crippen LogP contribution in [0.3, 0.4) is 0 Å². The van der Waals surface area contributed by atoms with Crippen LogP contribution in [0, 0.1) is 18.8 Å². The van der Waals surface area contributed by atoms with Gasteiger partial charge in [0, 0.05) is 5.69 Å². The normalized spacial score (nSPS) is 24.3. The van der Waals surface area contributed by atoms with Crippen molar-refractivity contribution < 1.29 is 14.4 Å². The van der Waals surface area contributed by atoms with E-state index in [1.165, 1.54) is 0 Å². The SMILES string of the molecule is Cc1ccccc1NC(=O)CN1C(=O)[C@@H]2CCCC[C@H]2C1=O. The first-order chi connectivity index (χ1) is 10.6. The van der Waals surface area contributed by atoms with Gasteiger partial charge in [0.25, 0.3) is 0 Å². The summed E-state index contributed by atoms with van der Waals surface area (Å²) < 4.78 is 0. The van der Waals surface area contributed by atoms with Crippen LogP contribution in [0.1, 0.15) is 31.2 Å². The molecule has 1 aliphatic heterocycles. The fraction of sp³-hybridized carbons (Fsp3) is 0.471. The molecule has 3 rings (SSSR count). The van der Waals surface area contributed by atoms with Gasteiger partial charge in [0.2, 0.25) is 17.7 Å². The molecule has 1 heterocycles. The molecule has 2 atom stereocenters. The number of aryl methyl sites for hydroxylation is 1. The Morgan fingerprint density at radius 3 is 2.32 bits per heavy atom. The number of amides is 3. The number of fused-ring (bicyclic) bond motifs is 1. The summed E-state index contributed by atoms with van der Waals surface area (Å²) in [6.07, 6.45) is 3.52. The minimum absolute atomic E-state index is 0.172. The maximum absolute atomic E-state index is 12.3. The van der Waals surface area contributed by atoms with E-state index in [0.29, 0.717) is 5.69 Å². The zero-order valence-electron chi connectivity index (χ0n) is 12.7. The van der Waals surface area contributed by atoms with E-state index in [1.807, 2.05) is 25.1 Å². The molecule has 0 spiro atoms. The second-order valence-corrected chi connectivity index (χ2v) is 6.12. The minimum atomic E-state index is -0.324. The maximum atomic E-state index is 12.3. The molecule has 1 aromatic carbocycles. The van der Waals surface area contributed by atoms with E-state index in [-0.39, 0.29) is 36.1 Å². The van der Waals surface area contributed by atoms with E-state index in [1.54, 1.807) is 6.07 Å². The Morgan fingerprint density at radius 1 is 1.14 bits per heavy atom. The van der Waals surface area contributed by atoms with E-state index in [4.69, 9.17) is 0 Å². The predicted molar refractivity (Wildman–Crippen MR) is 82.0 cm³/mol. The number of hydrogen-bond acceptors (Lipinski definition) is 3. The quantitative estimate of drug-likeness (QED) is 0.869. The smallest absolute Gasteiger partial charge is 0.244 e. The number of hydrogen-bond donors (Lipinski definition) is 1. The number of anilines is 1. The van der Waals surface area contributed by atoms with Crippen molar-refractivity contribution in [1.82, 2.24) is 4.90 Å². The van der Waals surface area contributed by atoms with Gasteiger partial charge in [-0.2, -0.15) is 0 Å². The molecule has 1 aromatic rings. The molecule has 0 unspecified atom stereocenters. The van der Waals surface area contributed by atoms with Gasteiger partial charge in [-0.25, -0.2) is 0 Å². The van der Waals surface area contributed by atoms with Crippen LogP contribution in [0.15, 0.2) is 24.3 Å². The van der Waals surface area contributed by atoms with Crippen molar-refractivity contribution in [2.45, 2.75) is 32.6 Å². The third kappa shape index (κ3) is 2.63. The number of carbonyl (C=O) groups is 3. The zero-order valence-corrected chi connectivity index (χ0v) is 12.7. The van der Waals surface area contributed by atoms with Crippen LogP contribution < -0.4 is 5.32 Å². The number of imide groups is 1. The Labute approximate surface area is 129 Å². The van der Waals surface area contributed by atoms with Gasteiger partial charge in [-0.15, -0.1) is 0 Å². The third-order valence-corrected chi connectivity index (χ3v) is 4.65. The van der Waals surface area contributed by atoms with Crippen molar-refractivity contribution in [1.29, 1.82) is 0 Å². The average molecular weight is 300 g/mol. The van der Waals surface area contributed by atoms with E-state index in [0.717, 1.165) is 36.1 Å². The van der Waals surface area contributed by atoms with Crippen molar-refractivity contribution in [2.24, 2.45) is 11.8 Å². The molecular weight excluding hydrogens is 280 g/mol. The fourth-order valence-electron chi connectivity index (χ4n) is 3.43. The molecule has 1 saturated carbocycles. The first-order valence-electron chi connectivity index (χ1n) is 7.78. The van der Waals surface area contributed by atoms with Gasteiger partial charge in [-0.05, 0) is 31.4 Å². The second kappa shape index (κ2) is 5.91. The standard InChI is InChI=1S/C17H20N2O3/c1-11-6-2-5-9-14(11)18-15(20)10-19-16(21)12-7-3-4-8-13(12)17(19)22/h2,5-6,9,12-13H,3-4,7-8,10H2,1H3,(H,18,20)/t12-,13-/m1/s1. The van der Waals surface area contributed by atoms with Crippen LogP contribution in [0.25, 0.3) is 0 Å². The third-order valence-electron chi connectivity index (χ3n) is 4.65. The van der Waals surface area contributed by atoms with Crippen LogP contribution in [0.5, 0.6) is 0 Å². The highest BCUT2D eigenvalue weighted by molar-refractivity contribution is 6.08. The summed E-state index contributed by atoms with van der Waals surface area (Å²) in [5.74, 6) is -1.07. The lowest BCUT2D eigenvalue weighted by atomic mass is 9.81. The summed E-state index contributed by atoms with van der Waals surface area (Å²) in [6.45, 7) is 1.72. The number of para-hydroxylation sites is 1. The zero-order chi connectivity index (χ0) is 15.7. The first kappa shape index (κ1) is 14.8. The molecule has 3 amide bonds. The Hall–Kier alpha value is -2.17. The molecule has 0 aromatic heterocycles. The molecule has 116 valence electrons. The summed E-state index contributed by atoms with van der Waals surface area (Å²) >= 11 is 0. The average Bonchev–Trinajstić information content (AvgIpc) is 2.75. The van der Waals surface area contributed by atoms with E-state index in [2.05, 4.69) is 5.32 Å². The van der Waals surface area contributed by atoms with Gasteiger partial charge in [-0.1, -0.05) is 31.0 Å². The highest BCUT2D eigenvalue weighted by Crippen LogP contribution is 2.37. The van der Waals surface area contributed by atoms with Crippen molar-refractivity contribution in [3.63, 3.8) is 0 Å². The summed E-state index contributed by atoms with van der Waals surface area (Å²) in [5, 5.41) is 2.77. The Kier molecular flexibility index (Phi) is 3.96. The molecule has 0 radical (unpaired) electrons. The number of carbonyl (C=O) groups excluding carboxylic acids is 3. The molecule has 22 heavy (non-hydrogen) atoms. The molecule has 5 nitrogen and oxygen atoms in total. The van der Waals surface area contributed by atoms with Crippen molar-refractivity contribution >= 4 is 23.4 Å². The highest BCUT2D eigenvalue weighted by atomic mass is 16.2. The lowest BCUT2D eigenvalue weighted by molar-refractivity contribution is -0.142. The monoisotopic (exact) mass is 300 g/mol. The van der Waals surface area contributed by atoms with Gasteiger partial charge >= 0.3 is 0 Å². The summed E-state index contributed by atoms with van der Waals surface area (Å²) in [7, 11) is 0. The molecule has 1 N–H and O–H groups in total. The number of rotatable bonds is 3. The highest BCUT2D eigenvalue weighted by Gasteiger charge is 2.48. The van der Waals surface area contributed by atoms with Gasteiger partial charge < -0.3 is 5.32 Å². The van der Waals surface area contributed by atoms with Crippen LogP contribution in [0.4, 0.5) is 5.69 Å². The Morgan fingerprint density at radius 2 is 1.73 bits per heavy atom. The molecule has 1 saturated heterocycles. The number of benzene rings is 1. The van der Waals surface area contributed by atoms with Crippen molar-refractivity contribution in [2.75, 3.05) is 11.9 Å². The Balaban J connectivity index is 1.68. The lowest BCUT2D eigenvalue weighted by Gasteiger charge is -2.19. The molecule has 0 bridgehead atoms. The largest absolute Gasteiger partial charge is 0.324 e. The van der Waals surface area contributed by atoms with E-state index < -0.39 is 0 Å². The number of nitrogens with zero attached hydrogens (tertiary/aromatic N) is 1.